The first-order valence-corrected chi connectivity index (χ1v) is 6.33. The highest BCUT2D eigenvalue weighted by molar-refractivity contribution is 4.55. The van der Waals surface area contributed by atoms with E-state index in [0.29, 0.717) is 19.8 Å². The Bertz CT molecular complexity index is 173. The second-order valence-electron chi connectivity index (χ2n) is 4.72. The van der Waals surface area contributed by atoms with E-state index in [0.717, 1.165) is 0 Å². The minimum atomic E-state index is 0.0779. The molecule has 3 unspecified atom stereocenters. The van der Waals surface area contributed by atoms with Gasteiger partial charge in [0.05, 0.1) is 44.2 Å². The third-order valence-electron chi connectivity index (χ3n) is 2.30. The zero-order valence-electron chi connectivity index (χ0n) is 12.1. The molecule has 0 spiro atoms. The highest BCUT2D eigenvalue weighted by atomic mass is 16.6. The van der Waals surface area contributed by atoms with Gasteiger partial charge >= 0.3 is 0 Å². The van der Waals surface area contributed by atoms with Crippen LogP contribution in [0.25, 0.3) is 0 Å². The predicted octanol–water partition coefficient (Wildman–Crippen LogP) is 2.26. The summed E-state index contributed by atoms with van der Waals surface area (Å²) in [6.07, 6.45) is 0.550. The van der Waals surface area contributed by atoms with Crippen molar-refractivity contribution in [2.45, 2.75) is 59.0 Å². The molecule has 0 aromatic carbocycles. The van der Waals surface area contributed by atoms with Crippen LogP contribution in [0.5, 0.6) is 0 Å². The Kier molecular flexibility index (Phi) is 9.74. The molecule has 0 aliphatic rings. The maximum absolute atomic E-state index is 5.63. The fourth-order valence-electron chi connectivity index (χ4n) is 1.09. The first kappa shape index (κ1) is 16.8. The normalized spacial score (nSPS) is 17.1. The second-order valence-corrected chi connectivity index (χ2v) is 4.72. The Labute approximate surface area is 106 Å². The van der Waals surface area contributed by atoms with Crippen molar-refractivity contribution in [2.75, 3.05) is 26.9 Å². The molecule has 0 saturated heterocycles. The molecular formula is C13H28O4. The van der Waals surface area contributed by atoms with Gasteiger partial charge in [0.2, 0.25) is 0 Å². The van der Waals surface area contributed by atoms with E-state index in [1.165, 1.54) is 0 Å². The summed E-state index contributed by atoms with van der Waals surface area (Å²) < 4.78 is 21.8. The zero-order chi connectivity index (χ0) is 13.3. The van der Waals surface area contributed by atoms with Crippen molar-refractivity contribution in [3.63, 3.8) is 0 Å². The van der Waals surface area contributed by atoms with Gasteiger partial charge in [-0.3, -0.25) is 0 Å². The Hall–Kier alpha value is -0.160. The SMILES string of the molecule is COC(C)COC(C)COC(C)COC(C)C. The van der Waals surface area contributed by atoms with Crippen molar-refractivity contribution in [3.05, 3.63) is 0 Å². The summed E-state index contributed by atoms with van der Waals surface area (Å²) in [5.41, 5.74) is 0. The largest absolute Gasteiger partial charge is 0.379 e. The lowest BCUT2D eigenvalue weighted by Gasteiger charge is -2.20. The van der Waals surface area contributed by atoms with E-state index < -0.39 is 0 Å². The van der Waals surface area contributed by atoms with Gasteiger partial charge < -0.3 is 18.9 Å². The molecule has 0 bridgehead atoms. The number of hydrogen-bond donors (Lipinski definition) is 0. The molecule has 104 valence electrons. The van der Waals surface area contributed by atoms with Gasteiger partial charge in [-0.2, -0.15) is 0 Å². The maximum atomic E-state index is 5.63. The van der Waals surface area contributed by atoms with Crippen molar-refractivity contribution < 1.29 is 18.9 Å². The number of ether oxygens (including phenoxy) is 4. The molecule has 0 aliphatic carbocycles. The standard InChI is InChI=1S/C13H28O4/c1-10(2)15-8-12(4)17-9-13(5)16-7-11(3)14-6/h10-13H,7-9H2,1-6H3. The van der Waals surface area contributed by atoms with Crippen LogP contribution in [0.3, 0.4) is 0 Å². The van der Waals surface area contributed by atoms with Crippen LogP contribution in [0.2, 0.25) is 0 Å². The van der Waals surface area contributed by atoms with Gasteiger partial charge in [-0.05, 0) is 34.6 Å². The third-order valence-corrected chi connectivity index (χ3v) is 2.30. The van der Waals surface area contributed by atoms with E-state index >= 15 is 0 Å². The first-order valence-electron chi connectivity index (χ1n) is 6.33. The van der Waals surface area contributed by atoms with Crippen LogP contribution >= 0.6 is 0 Å². The lowest BCUT2D eigenvalue weighted by molar-refractivity contribution is -0.0798. The highest BCUT2D eigenvalue weighted by Gasteiger charge is 2.09. The smallest absolute Gasteiger partial charge is 0.0781 e. The van der Waals surface area contributed by atoms with E-state index in [1.54, 1.807) is 7.11 Å². The predicted molar refractivity (Wildman–Crippen MR) is 68.4 cm³/mol. The fraction of sp³-hybridized carbons (Fsp3) is 1.00. The number of hydrogen-bond acceptors (Lipinski definition) is 4. The molecule has 0 amide bonds. The Morgan fingerprint density at radius 1 is 0.647 bits per heavy atom. The summed E-state index contributed by atoms with van der Waals surface area (Å²) in [6.45, 7) is 11.8. The molecule has 0 aromatic heterocycles. The number of rotatable bonds is 10. The molecule has 0 radical (unpaired) electrons. The lowest BCUT2D eigenvalue weighted by Crippen LogP contribution is -2.26. The van der Waals surface area contributed by atoms with Crippen LogP contribution in [0, 0.1) is 0 Å². The van der Waals surface area contributed by atoms with Crippen molar-refractivity contribution >= 4 is 0 Å². The van der Waals surface area contributed by atoms with Gasteiger partial charge in [-0.25, -0.2) is 0 Å². The molecule has 0 heterocycles. The van der Waals surface area contributed by atoms with E-state index in [9.17, 15) is 0 Å². The summed E-state index contributed by atoms with van der Waals surface area (Å²) in [5, 5.41) is 0. The molecular weight excluding hydrogens is 220 g/mol. The maximum Gasteiger partial charge on any atom is 0.0781 e. The molecule has 0 fully saturated rings. The topological polar surface area (TPSA) is 36.9 Å². The molecule has 0 N–H and O–H groups in total. The first-order chi connectivity index (χ1) is 7.95. The Morgan fingerprint density at radius 2 is 1.06 bits per heavy atom. The molecule has 4 heteroatoms. The van der Waals surface area contributed by atoms with Crippen LogP contribution in [0.15, 0.2) is 0 Å². The molecule has 0 rings (SSSR count). The minimum absolute atomic E-state index is 0.0779. The summed E-state index contributed by atoms with van der Waals surface area (Å²) in [7, 11) is 1.68. The molecule has 0 aromatic rings. The third kappa shape index (κ3) is 10.7. The van der Waals surface area contributed by atoms with Crippen LogP contribution in [-0.2, 0) is 18.9 Å². The summed E-state index contributed by atoms with van der Waals surface area (Å²) in [4.78, 5) is 0. The van der Waals surface area contributed by atoms with Crippen LogP contribution in [0.1, 0.15) is 34.6 Å². The number of methoxy groups -OCH3 is 1. The summed E-state index contributed by atoms with van der Waals surface area (Å²) in [5.74, 6) is 0. The van der Waals surface area contributed by atoms with Gasteiger partial charge in [0.15, 0.2) is 0 Å². The Balaban J connectivity index is 3.51. The van der Waals surface area contributed by atoms with Crippen LogP contribution in [0.4, 0.5) is 0 Å². The van der Waals surface area contributed by atoms with Crippen molar-refractivity contribution in [1.82, 2.24) is 0 Å². The van der Waals surface area contributed by atoms with Gasteiger partial charge in [0.1, 0.15) is 0 Å². The van der Waals surface area contributed by atoms with E-state index in [2.05, 4.69) is 0 Å². The summed E-state index contributed by atoms with van der Waals surface area (Å²) >= 11 is 0. The van der Waals surface area contributed by atoms with E-state index in [4.69, 9.17) is 18.9 Å². The van der Waals surface area contributed by atoms with Crippen molar-refractivity contribution in [1.29, 1.82) is 0 Å². The molecule has 4 nitrogen and oxygen atoms in total. The molecule has 0 aliphatic heterocycles. The Morgan fingerprint density at radius 3 is 1.47 bits per heavy atom. The van der Waals surface area contributed by atoms with Gasteiger partial charge in [0.25, 0.3) is 0 Å². The van der Waals surface area contributed by atoms with Gasteiger partial charge in [0, 0.05) is 7.11 Å². The lowest BCUT2D eigenvalue weighted by atomic mass is 10.4. The van der Waals surface area contributed by atoms with Crippen molar-refractivity contribution in [2.24, 2.45) is 0 Å². The quantitative estimate of drug-likeness (QED) is 0.594. The molecule has 3 atom stereocenters. The summed E-state index contributed by atoms with van der Waals surface area (Å²) in [6, 6.07) is 0. The van der Waals surface area contributed by atoms with Gasteiger partial charge in [-0.15, -0.1) is 0 Å². The van der Waals surface area contributed by atoms with Gasteiger partial charge in [-0.1, -0.05) is 0 Å². The fourth-order valence-corrected chi connectivity index (χ4v) is 1.09. The minimum Gasteiger partial charge on any atom is -0.379 e. The zero-order valence-corrected chi connectivity index (χ0v) is 12.1. The second kappa shape index (κ2) is 9.83. The van der Waals surface area contributed by atoms with E-state index in [1.807, 2.05) is 34.6 Å². The average Bonchev–Trinajstić information content (AvgIpc) is 2.30. The van der Waals surface area contributed by atoms with Crippen LogP contribution in [-0.4, -0.2) is 51.3 Å². The average molecular weight is 248 g/mol. The monoisotopic (exact) mass is 248 g/mol. The van der Waals surface area contributed by atoms with Crippen molar-refractivity contribution in [3.8, 4) is 0 Å². The molecule has 0 saturated carbocycles. The molecule has 17 heavy (non-hydrogen) atoms. The van der Waals surface area contributed by atoms with Crippen LogP contribution < -0.4 is 0 Å². The highest BCUT2D eigenvalue weighted by Crippen LogP contribution is 2.01. The van der Waals surface area contributed by atoms with E-state index in [-0.39, 0.29) is 24.4 Å².